The monoisotopic (exact) mass is 330 g/mol. The van der Waals surface area contributed by atoms with Gasteiger partial charge in [-0.15, -0.1) is 0 Å². The fourth-order valence-electron chi connectivity index (χ4n) is 1.60. The zero-order valence-electron chi connectivity index (χ0n) is 11.0. The van der Waals surface area contributed by atoms with Crippen LogP contribution in [0.3, 0.4) is 0 Å². The highest BCUT2D eigenvalue weighted by Gasteiger charge is 2.17. The lowest BCUT2D eigenvalue weighted by atomic mass is 10.1. The number of carboxylic acids is 1. The molecule has 0 aromatic heterocycles. The molecule has 1 unspecified atom stereocenters. The summed E-state index contributed by atoms with van der Waals surface area (Å²) in [6.07, 6.45) is 0.531. The van der Waals surface area contributed by atoms with E-state index in [0.29, 0.717) is 19.6 Å². The van der Waals surface area contributed by atoms with E-state index in [4.69, 9.17) is 14.6 Å². The quantitative estimate of drug-likeness (QED) is 0.558. The lowest BCUT2D eigenvalue weighted by Crippen LogP contribution is -2.26. The van der Waals surface area contributed by atoms with E-state index in [0.717, 1.165) is 23.1 Å². The van der Waals surface area contributed by atoms with Crippen molar-refractivity contribution in [3.63, 3.8) is 0 Å². The lowest BCUT2D eigenvalue weighted by molar-refractivity contribution is -0.149. The zero-order chi connectivity index (χ0) is 14.1. The van der Waals surface area contributed by atoms with Gasteiger partial charge in [0, 0.05) is 18.4 Å². The smallest absolute Gasteiger partial charge is 0.333 e. The third kappa shape index (κ3) is 6.07. The predicted molar refractivity (Wildman–Crippen MR) is 77.1 cm³/mol. The maximum absolute atomic E-state index is 11.0. The van der Waals surface area contributed by atoms with Crippen molar-refractivity contribution in [1.82, 2.24) is 0 Å². The first-order chi connectivity index (χ1) is 9.17. The minimum Gasteiger partial charge on any atom is -0.494 e. The molecular weight excluding hydrogens is 312 g/mol. The first-order valence-electron chi connectivity index (χ1n) is 6.29. The Hall–Kier alpha value is -1.07. The molecule has 0 aliphatic carbocycles. The van der Waals surface area contributed by atoms with Gasteiger partial charge < -0.3 is 14.6 Å². The van der Waals surface area contributed by atoms with Gasteiger partial charge in [0.05, 0.1) is 6.61 Å². The van der Waals surface area contributed by atoms with Gasteiger partial charge in [-0.05, 0) is 31.0 Å². The number of rotatable bonds is 9. The molecule has 0 saturated carbocycles. The van der Waals surface area contributed by atoms with Crippen molar-refractivity contribution in [3.8, 4) is 5.75 Å². The van der Waals surface area contributed by atoms with Crippen LogP contribution in [0.1, 0.15) is 18.9 Å². The second-order valence-corrected chi connectivity index (χ2v) is 4.81. The summed E-state index contributed by atoms with van der Waals surface area (Å²) in [5.41, 5.74) is 0.925. The van der Waals surface area contributed by atoms with Crippen molar-refractivity contribution < 1.29 is 19.4 Å². The average Bonchev–Trinajstić information content (AvgIpc) is 2.40. The molecule has 1 aromatic rings. The van der Waals surface area contributed by atoms with E-state index in [2.05, 4.69) is 15.9 Å². The standard InChI is InChI=1S/C14H19BrO4/c1-2-18-13(14(16)17)10-11-4-6-12(7-5-11)19-9-3-8-15/h4-7,13H,2-3,8-10H2,1H3,(H,16,17). The minimum atomic E-state index is -0.931. The predicted octanol–water partition coefficient (Wildman–Crippen LogP) is 2.88. The highest BCUT2D eigenvalue weighted by atomic mass is 79.9. The molecule has 1 atom stereocenters. The van der Waals surface area contributed by atoms with Crippen molar-refractivity contribution in [3.05, 3.63) is 29.8 Å². The van der Waals surface area contributed by atoms with Crippen molar-refractivity contribution in [2.24, 2.45) is 0 Å². The Kier molecular flexibility index (Phi) is 7.52. The normalized spacial score (nSPS) is 12.1. The first-order valence-corrected chi connectivity index (χ1v) is 7.41. The third-order valence-electron chi connectivity index (χ3n) is 2.53. The maximum Gasteiger partial charge on any atom is 0.333 e. The van der Waals surface area contributed by atoms with Crippen molar-refractivity contribution in [2.45, 2.75) is 25.9 Å². The second kappa shape index (κ2) is 8.93. The van der Waals surface area contributed by atoms with E-state index in [1.807, 2.05) is 24.3 Å². The van der Waals surface area contributed by atoms with Gasteiger partial charge in [-0.3, -0.25) is 0 Å². The summed E-state index contributed by atoms with van der Waals surface area (Å²) in [6.45, 7) is 2.85. The van der Waals surface area contributed by atoms with Crippen LogP contribution in [0.4, 0.5) is 0 Å². The first kappa shape index (κ1) is 16.0. The van der Waals surface area contributed by atoms with Crippen LogP contribution >= 0.6 is 15.9 Å². The van der Waals surface area contributed by atoms with E-state index in [-0.39, 0.29) is 0 Å². The SMILES string of the molecule is CCOC(Cc1ccc(OCCCBr)cc1)C(=O)O. The molecule has 4 nitrogen and oxygen atoms in total. The molecule has 0 amide bonds. The Labute approximate surface area is 121 Å². The highest BCUT2D eigenvalue weighted by molar-refractivity contribution is 9.09. The molecule has 0 saturated heterocycles. The van der Waals surface area contributed by atoms with Gasteiger partial charge in [-0.25, -0.2) is 4.79 Å². The Bertz CT molecular complexity index is 378. The Morgan fingerprint density at radius 1 is 1.37 bits per heavy atom. The summed E-state index contributed by atoms with van der Waals surface area (Å²) in [5, 5.41) is 9.93. The van der Waals surface area contributed by atoms with E-state index in [1.165, 1.54) is 0 Å². The second-order valence-electron chi connectivity index (χ2n) is 4.02. The van der Waals surface area contributed by atoms with Crippen LogP contribution in [-0.4, -0.2) is 35.7 Å². The number of carboxylic acid groups (broad SMARTS) is 1. The fourth-order valence-corrected chi connectivity index (χ4v) is 1.83. The lowest BCUT2D eigenvalue weighted by Gasteiger charge is -2.12. The van der Waals surface area contributed by atoms with Crippen LogP contribution < -0.4 is 4.74 Å². The number of benzene rings is 1. The molecule has 106 valence electrons. The van der Waals surface area contributed by atoms with E-state index < -0.39 is 12.1 Å². The number of carbonyl (C=O) groups is 1. The number of hydrogen-bond donors (Lipinski definition) is 1. The minimum absolute atomic E-state index is 0.366. The number of aliphatic carboxylic acids is 1. The van der Waals surface area contributed by atoms with E-state index >= 15 is 0 Å². The molecule has 1 N–H and O–H groups in total. The summed E-state index contributed by atoms with van der Waals surface area (Å²) >= 11 is 3.34. The van der Waals surface area contributed by atoms with Gasteiger partial charge in [0.25, 0.3) is 0 Å². The van der Waals surface area contributed by atoms with Gasteiger partial charge in [0.1, 0.15) is 5.75 Å². The van der Waals surface area contributed by atoms with Crippen LogP contribution in [0, 0.1) is 0 Å². The van der Waals surface area contributed by atoms with Crippen molar-refractivity contribution in [2.75, 3.05) is 18.5 Å². The van der Waals surface area contributed by atoms with Crippen molar-refractivity contribution in [1.29, 1.82) is 0 Å². The molecule has 1 aromatic carbocycles. The zero-order valence-corrected chi connectivity index (χ0v) is 12.6. The van der Waals surface area contributed by atoms with Gasteiger partial charge in [-0.1, -0.05) is 28.1 Å². The van der Waals surface area contributed by atoms with Crippen molar-refractivity contribution >= 4 is 21.9 Å². The highest BCUT2D eigenvalue weighted by Crippen LogP contribution is 2.14. The Morgan fingerprint density at radius 2 is 2.05 bits per heavy atom. The number of halogens is 1. The summed E-state index contributed by atoms with van der Waals surface area (Å²) in [7, 11) is 0. The van der Waals surface area contributed by atoms with Gasteiger partial charge in [0.15, 0.2) is 6.10 Å². The molecule has 1 rings (SSSR count). The summed E-state index contributed by atoms with van der Waals surface area (Å²) in [5.74, 6) is -0.132. The average molecular weight is 331 g/mol. The molecule has 0 heterocycles. The molecule has 0 fully saturated rings. The van der Waals surface area contributed by atoms with Crippen LogP contribution in [-0.2, 0) is 16.0 Å². The van der Waals surface area contributed by atoms with E-state index in [9.17, 15) is 4.79 Å². The molecule has 19 heavy (non-hydrogen) atoms. The number of ether oxygens (including phenoxy) is 2. The molecular formula is C14H19BrO4. The van der Waals surface area contributed by atoms with Gasteiger partial charge in [-0.2, -0.15) is 0 Å². The molecule has 0 bridgehead atoms. The topological polar surface area (TPSA) is 55.8 Å². The molecule has 5 heteroatoms. The summed E-state index contributed by atoms with van der Waals surface area (Å²) < 4.78 is 10.7. The molecule has 0 aliphatic rings. The fraction of sp³-hybridized carbons (Fsp3) is 0.500. The number of hydrogen-bond acceptors (Lipinski definition) is 3. The van der Waals surface area contributed by atoms with Crippen LogP contribution in [0.25, 0.3) is 0 Å². The largest absolute Gasteiger partial charge is 0.494 e. The van der Waals surface area contributed by atoms with Crippen LogP contribution in [0.15, 0.2) is 24.3 Å². The third-order valence-corrected chi connectivity index (χ3v) is 3.10. The van der Waals surface area contributed by atoms with Crippen LogP contribution in [0.5, 0.6) is 5.75 Å². The Morgan fingerprint density at radius 3 is 2.58 bits per heavy atom. The number of alkyl halides is 1. The summed E-state index contributed by atoms with van der Waals surface area (Å²) in [4.78, 5) is 11.0. The maximum atomic E-state index is 11.0. The van der Waals surface area contributed by atoms with Crippen LogP contribution in [0.2, 0.25) is 0 Å². The van der Waals surface area contributed by atoms with Gasteiger partial charge >= 0.3 is 5.97 Å². The Balaban J connectivity index is 2.52. The molecule has 0 aliphatic heterocycles. The molecule has 0 radical (unpaired) electrons. The van der Waals surface area contributed by atoms with E-state index in [1.54, 1.807) is 6.92 Å². The van der Waals surface area contributed by atoms with Gasteiger partial charge in [0.2, 0.25) is 0 Å². The summed E-state index contributed by atoms with van der Waals surface area (Å²) in [6, 6.07) is 7.46. The molecule has 0 spiro atoms.